The van der Waals surface area contributed by atoms with Crippen LogP contribution in [0, 0.1) is 0 Å². The van der Waals surface area contributed by atoms with Gasteiger partial charge in [-0.1, -0.05) is 42.5 Å². The van der Waals surface area contributed by atoms with Gasteiger partial charge in [0.05, 0.1) is 19.2 Å². The van der Waals surface area contributed by atoms with E-state index in [1.54, 1.807) is 13.2 Å². The third-order valence-electron chi connectivity index (χ3n) is 5.87. The molecule has 1 aromatic heterocycles. The van der Waals surface area contributed by atoms with Gasteiger partial charge in [-0.3, -0.25) is 4.90 Å². The third-order valence-corrected chi connectivity index (χ3v) is 5.87. The first-order chi connectivity index (χ1) is 17.2. The lowest BCUT2D eigenvalue weighted by molar-refractivity contribution is -0.0499. The number of hydrogen-bond acceptors (Lipinski definition) is 5. The number of nitrogens with one attached hydrogen (secondary N) is 1. The normalized spacial score (nSPS) is 15.9. The Morgan fingerprint density at radius 3 is 2.51 bits per heavy atom. The molecule has 6 heteroatoms. The minimum atomic E-state index is 0.0236. The average Bonchev–Trinajstić information content (AvgIpc) is 3.28. The average molecular weight is 475 g/mol. The predicted molar refractivity (Wildman–Crippen MR) is 142 cm³/mol. The van der Waals surface area contributed by atoms with Crippen molar-refractivity contribution in [3.63, 3.8) is 0 Å². The second-order valence-electron chi connectivity index (χ2n) is 8.36. The highest BCUT2D eigenvalue weighted by Gasteiger charge is 2.22. The molecular formula is C29H34N2O4. The van der Waals surface area contributed by atoms with Crippen molar-refractivity contribution in [2.24, 2.45) is 0 Å². The molecule has 0 spiro atoms. The van der Waals surface area contributed by atoms with Crippen LogP contribution in [0.4, 0.5) is 0 Å². The molecule has 2 heterocycles. The Labute approximate surface area is 207 Å². The number of benzene rings is 3. The number of allylic oxidation sites excluding steroid dienone is 1. The molecule has 0 amide bonds. The highest BCUT2D eigenvalue weighted by molar-refractivity contribution is 6.10. The quantitative estimate of drug-likeness (QED) is 0.333. The van der Waals surface area contributed by atoms with Crippen LogP contribution in [0.2, 0.25) is 0 Å². The van der Waals surface area contributed by atoms with E-state index in [1.807, 2.05) is 49.4 Å². The van der Waals surface area contributed by atoms with Gasteiger partial charge in [0.15, 0.2) is 11.5 Å². The van der Waals surface area contributed by atoms with E-state index in [-0.39, 0.29) is 6.10 Å². The SMILES string of the molecule is C=CC.COc1ccccc1OCCN1CCOC(COc2cccc3[nH]c4ccccc4c23)C1. The minimum Gasteiger partial charge on any atom is -0.493 e. The Balaban J connectivity index is 0.000000917. The van der Waals surface area contributed by atoms with Crippen LogP contribution >= 0.6 is 0 Å². The molecule has 1 aliphatic heterocycles. The van der Waals surface area contributed by atoms with Crippen LogP contribution in [-0.2, 0) is 4.74 Å². The molecule has 0 saturated carbocycles. The van der Waals surface area contributed by atoms with E-state index >= 15 is 0 Å². The number of aromatic amines is 1. The standard InChI is InChI=1S/C26H28N2O4.C3H6/c1-29-23-10-4-5-11-24(23)31-16-14-28-13-15-30-19(17-28)18-32-25-12-6-9-22-26(25)20-7-2-3-8-21(20)27-22;1-3-2/h2-12,19,27H,13-18H2,1H3;3H,1H2,2H3. The predicted octanol–water partition coefficient (Wildman–Crippen LogP) is 5.68. The highest BCUT2D eigenvalue weighted by Crippen LogP contribution is 2.33. The molecule has 3 aromatic carbocycles. The van der Waals surface area contributed by atoms with Gasteiger partial charge in [0.2, 0.25) is 0 Å². The Hall–Kier alpha value is -3.48. The van der Waals surface area contributed by atoms with Crippen LogP contribution in [0.3, 0.4) is 0 Å². The van der Waals surface area contributed by atoms with Gasteiger partial charge in [0.1, 0.15) is 25.1 Å². The van der Waals surface area contributed by atoms with Gasteiger partial charge in [0.25, 0.3) is 0 Å². The molecule has 1 fully saturated rings. The van der Waals surface area contributed by atoms with Gasteiger partial charge >= 0.3 is 0 Å². The van der Waals surface area contributed by atoms with Crippen LogP contribution in [0.15, 0.2) is 79.4 Å². The molecule has 0 aliphatic carbocycles. The highest BCUT2D eigenvalue weighted by atomic mass is 16.5. The zero-order chi connectivity index (χ0) is 24.5. The summed E-state index contributed by atoms with van der Waals surface area (Å²) in [6, 6.07) is 22.2. The number of rotatable bonds is 8. The zero-order valence-corrected chi connectivity index (χ0v) is 20.5. The van der Waals surface area contributed by atoms with Crippen molar-refractivity contribution >= 4 is 21.8 Å². The molecular weight excluding hydrogens is 440 g/mol. The Bertz CT molecular complexity index is 1240. The van der Waals surface area contributed by atoms with E-state index in [2.05, 4.69) is 40.7 Å². The van der Waals surface area contributed by atoms with Gasteiger partial charge < -0.3 is 23.9 Å². The van der Waals surface area contributed by atoms with Gasteiger partial charge in [-0.2, -0.15) is 0 Å². The second kappa shape index (κ2) is 12.3. The summed E-state index contributed by atoms with van der Waals surface area (Å²) < 4.78 is 23.5. The van der Waals surface area contributed by atoms with Gasteiger partial charge in [-0.15, -0.1) is 6.58 Å². The summed E-state index contributed by atoms with van der Waals surface area (Å²) in [4.78, 5) is 5.83. The van der Waals surface area contributed by atoms with Crippen molar-refractivity contribution < 1.29 is 18.9 Å². The minimum absolute atomic E-state index is 0.0236. The molecule has 35 heavy (non-hydrogen) atoms. The number of fused-ring (bicyclic) bond motifs is 3. The number of para-hydroxylation sites is 3. The monoisotopic (exact) mass is 474 g/mol. The summed E-state index contributed by atoms with van der Waals surface area (Å²) in [5.74, 6) is 2.42. The van der Waals surface area contributed by atoms with Crippen molar-refractivity contribution in [1.29, 1.82) is 0 Å². The topological polar surface area (TPSA) is 56.0 Å². The molecule has 1 N–H and O–H groups in total. The van der Waals surface area contributed by atoms with Crippen molar-refractivity contribution in [3.8, 4) is 17.2 Å². The molecule has 5 rings (SSSR count). The van der Waals surface area contributed by atoms with Crippen LogP contribution in [-0.4, -0.2) is 62.6 Å². The first kappa shape index (κ1) is 24.6. The lowest BCUT2D eigenvalue weighted by atomic mass is 10.1. The van der Waals surface area contributed by atoms with E-state index in [9.17, 15) is 0 Å². The maximum Gasteiger partial charge on any atom is 0.161 e. The van der Waals surface area contributed by atoms with Crippen molar-refractivity contribution in [2.45, 2.75) is 13.0 Å². The molecule has 1 atom stereocenters. The fourth-order valence-electron chi connectivity index (χ4n) is 4.28. The summed E-state index contributed by atoms with van der Waals surface area (Å²) in [5, 5.41) is 2.30. The van der Waals surface area contributed by atoms with E-state index < -0.39 is 0 Å². The molecule has 0 radical (unpaired) electrons. The van der Waals surface area contributed by atoms with Crippen LogP contribution in [0.25, 0.3) is 21.8 Å². The maximum atomic E-state index is 6.26. The smallest absolute Gasteiger partial charge is 0.161 e. The van der Waals surface area contributed by atoms with Crippen molar-refractivity contribution in [3.05, 3.63) is 79.4 Å². The largest absolute Gasteiger partial charge is 0.493 e. The summed E-state index contributed by atoms with van der Waals surface area (Å²) >= 11 is 0. The number of hydrogen-bond donors (Lipinski definition) is 1. The summed E-state index contributed by atoms with van der Waals surface area (Å²) in [6.45, 7) is 9.60. The molecule has 1 unspecified atom stereocenters. The number of aromatic nitrogens is 1. The number of nitrogens with zero attached hydrogens (tertiary/aromatic N) is 1. The van der Waals surface area contributed by atoms with Crippen LogP contribution in [0.5, 0.6) is 17.2 Å². The van der Waals surface area contributed by atoms with Crippen LogP contribution < -0.4 is 14.2 Å². The van der Waals surface area contributed by atoms with Gasteiger partial charge in [-0.25, -0.2) is 0 Å². The van der Waals surface area contributed by atoms with E-state index in [4.69, 9.17) is 18.9 Å². The lowest BCUT2D eigenvalue weighted by Gasteiger charge is -2.32. The van der Waals surface area contributed by atoms with E-state index in [1.165, 1.54) is 5.39 Å². The summed E-state index contributed by atoms with van der Waals surface area (Å²) in [6.07, 6.45) is 1.77. The summed E-state index contributed by atoms with van der Waals surface area (Å²) in [7, 11) is 1.66. The summed E-state index contributed by atoms with van der Waals surface area (Å²) in [5.41, 5.74) is 2.21. The molecule has 1 aliphatic rings. The first-order valence-corrected chi connectivity index (χ1v) is 12.0. The van der Waals surface area contributed by atoms with Crippen molar-refractivity contribution in [2.75, 3.05) is 46.6 Å². The fourth-order valence-corrected chi connectivity index (χ4v) is 4.28. The molecule has 184 valence electrons. The number of ether oxygens (including phenoxy) is 4. The lowest BCUT2D eigenvalue weighted by Crippen LogP contribution is -2.46. The second-order valence-corrected chi connectivity index (χ2v) is 8.36. The Morgan fingerprint density at radius 1 is 0.971 bits per heavy atom. The van der Waals surface area contributed by atoms with Gasteiger partial charge in [0, 0.05) is 35.9 Å². The Morgan fingerprint density at radius 2 is 1.69 bits per heavy atom. The Kier molecular flexibility index (Phi) is 8.65. The number of morpholine rings is 1. The molecule has 4 aromatic rings. The van der Waals surface area contributed by atoms with Gasteiger partial charge in [-0.05, 0) is 37.3 Å². The molecule has 6 nitrogen and oxygen atoms in total. The van der Waals surface area contributed by atoms with Crippen LogP contribution in [0.1, 0.15) is 6.92 Å². The first-order valence-electron chi connectivity index (χ1n) is 12.0. The number of methoxy groups -OCH3 is 1. The fraction of sp³-hybridized carbons (Fsp3) is 0.310. The molecule has 0 bridgehead atoms. The van der Waals surface area contributed by atoms with Crippen molar-refractivity contribution in [1.82, 2.24) is 9.88 Å². The zero-order valence-electron chi connectivity index (χ0n) is 20.5. The van der Waals surface area contributed by atoms with E-state index in [0.717, 1.165) is 53.3 Å². The molecule has 1 saturated heterocycles. The third kappa shape index (κ3) is 6.15. The van der Waals surface area contributed by atoms with E-state index in [0.29, 0.717) is 19.8 Å². The number of H-pyrrole nitrogens is 1. The maximum absolute atomic E-state index is 6.26.